The quantitative estimate of drug-likeness (QED) is 0.579. The number of hydrogen-bond donors (Lipinski definition) is 3. The van der Waals surface area contributed by atoms with Crippen molar-refractivity contribution in [3.05, 3.63) is 65.2 Å². The molecular formula is C20H21NO4. The first kappa shape index (κ1) is 18.3. The first-order chi connectivity index (χ1) is 11.7. The molecule has 0 atom stereocenters. The van der Waals surface area contributed by atoms with Gasteiger partial charge in [-0.3, -0.25) is 4.79 Å². The predicted molar refractivity (Wildman–Crippen MR) is 97.9 cm³/mol. The number of phenolic OH excluding ortho intramolecular Hbond substituents is 1. The number of aromatic hydroxyl groups is 1. The Kier molecular flexibility index (Phi) is 5.27. The van der Waals surface area contributed by atoms with E-state index in [-0.39, 0.29) is 22.4 Å². The van der Waals surface area contributed by atoms with E-state index >= 15 is 0 Å². The van der Waals surface area contributed by atoms with Crippen molar-refractivity contribution in [2.45, 2.75) is 26.2 Å². The fourth-order valence-electron chi connectivity index (χ4n) is 2.21. The molecule has 5 heteroatoms. The second-order valence-electron chi connectivity index (χ2n) is 6.73. The van der Waals surface area contributed by atoms with Crippen LogP contribution in [-0.2, 0) is 10.2 Å². The van der Waals surface area contributed by atoms with Crippen molar-refractivity contribution >= 4 is 23.6 Å². The number of carboxylic acids is 1. The summed E-state index contributed by atoms with van der Waals surface area (Å²) < 4.78 is 0. The zero-order valence-electron chi connectivity index (χ0n) is 14.4. The largest absolute Gasteiger partial charge is 0.506 e. The Morgan fingerprint density at radius 1 is 1.04 bits per heavy atom. The van der Waals surface area contributed by atoms with Gasteiger partial charge in [0.2, 0.25) is 5.91 Å². The van der Waals surface area contributed by atoms with E-state index in [2.05, 4.69) is 26.1 Å². The van der Waals surface area contributed by atoms with Crippen LogP contribution in [0, 0.1) is 0 Å². The van der Waals surface area contributed by atoms with Crippen LogP contribution in [-0.4, -0.2) is 22.1 Å². The minimum atomic E-state index is -1.13. The standard InChI is InChI=1S/C20H21NO4/c1-20(2,3)15-8-4-13(5-9-15)6-11-18(23)21-16-12-14(19(24)25)7-10-17(16)22/h4-12,22H,1-3H3,(H,21,23)(H,24,25)/b11-6+. The molecule has 0 unspecified atom stereocenters. The van der Waals surface area contributed by atoms with Crippen molar-refractivity contribution in [3.8, 4) is 5.75 Å². The maximum absolute atomic E-state index is 12.0. The summed E-state index contributed by atoms with van der Waals surface area (Å²) in [5.41, 5.74) is 2.16. The first-order valence-corrected chi connectivity index (χ1v) is 7.83. The Bertz CT molecular complexity index is 815. The van der Waals surface area contributed by atoms with E-state index in [0.29, 0.717) is 0 Å². The summed E-state index contributed by atoms with van der Waals surface area (Å²) in [6, 6.07) is 11.6. The SMILES string of the molecule is CC(C)(C)c1ccc(/C=C/C(=O)Nc2cc(C(=O)O)ccc2O)cc1. The molecule has 130 valence electrons. The number of phenols is 1. The molecule has 0 saturated carbocycles. The highest BCUT2D eigenvalue weighted by molar-refractivity contribution is 6.03. The minimum absolute atomic E-state index is 0.0187. The van der Waals surface area contributed by atoms with Crippen LogP contribution in [0.1, 0.15) is 42.3 Å². The Morgan fingerprint density at radius 2 is 1.68 bits per heavy atom. The summed E-state index contributed by atoms with van der Waals surface area (Å²) in [6.45, 7) is 6.38. The van der Waals surface area contributed by atoms with Gasteiger partial charge in [0, 0.05) is 6.08 Å². The van der Waals surface area contributed by atoms with Crippen LogP contribution in [0.3, 0.4) is 0 Å². The van der Waals surface area contributed by atoms with E-state index in [1.807, 2.05) is 24.3 Å². The van der Waals surface area contributed by atoms with Gasteiger partial charge in [-0.1, -0.05) is 45.0 Å². The van der Waals surface area contributed by atoms with Gasteiger partial charge in [-0.05, 0) is 40.8 Å². The van der Waals surface area contributed by atoms with Gasteiger partial charge in [-0.25, -0.2) is 4.79 Å². The number of carbonyl (C=O) groups is 2. The molecule has 0 aliphatic rings. The van der Waals surface area contributed by atoms with Crippen molar-refractivity contribution in [2.75, 3.05) is 5.32 Å². The molecule has 2 rings (SSSR count). The molecule has 0 saturated heterocycles. The molecule has 0 heterocycles. The lowest BCUT2D eigenvalue weighted by molar-refractivity contribution is -0.111. The molecule has 3 N–H and O–H groups in total. The fourth-order valence-corrected chi connectivity index (χ4v) is 2.21. The maximum Gasteiger partial charge on any atom is 0.335 e. The Balaban J connectivity index is 2.08. The summed E-state index contributed by atoms with van der Waals surface area (Å²) in [5.74, 6) is -1.79. The van der Waals surface area contributed by atoms with Crippen LogP contribution < -0.4 is 5.32 Å². The first-order valence-electron chi connectivity index (χ1n) is 7.83. The van der Waals surface area contributed by atoms with Gasteiger partial charge in [0.25, 0.3) is 0 Å². The van der Waals surface area contributed by atoms with Crippen LogP contribution in [0.15, 0.2) is 48.5 Å². The van der Waals surface area contributed by atoms with E-state index in [0.717, 1.165) is 5.56 Å². The third-order valence-corrected chi connectivity index (χ3v) is 3.71. The number of amides is 1. The van der Waals surface area contributed by atoms with Crippen LogP contribution >= 0.6 is 0 Å². The molecule has 5 nitrogen and oxygen atoms in total. The number of rotatable bonds is 4. The second kappa shape index (κ2) is 7.21. The molecule has 2 aromatic rings. The summed E-state index contributed by atoms with van der Waals surface area (Å²) in [7, 11) is 0. The van der Waals surface area contributed by atoms with Crippen molar-refractivity contribution in [1.29, 1.82) is 0 Å². The molecule has 0 aromatic heterocycles. The predicted octanol–water partition coefficient (Wildman–Crippen LogP) is 4.04. The summed E-state index contributed by atoms with van der Waals surface area (Å²) >= 11 is 0. The van der Waals surface area contributed by atoms with Gasteiger partial charge >= 0.3 is 5.97 Å². The molecule has 2 aromatic carbocycles. The fraction of sp³-hybridized carbons (Fsp3) is 0.200. The average molecular weight is 339 g/mol. The molecule has 25 heavy (non-hydrogen) atoms. The molecule has 0 aliphatic carbocycles. The van der Waals surface area contributed by atoms with Crippen LogP contribution in [0.25, 0.3) is 6.08 Å². The molecule has 0 bridgehead atoms. The molecule has 0 aliphatic heterocycles. The topological polar surface area (TPSA) is 86.6 Å². The van der Waals surface area contributed by atoms with Gasteiger partial charge in [0.05, 0.1) is 11.3 Å². The van der Waals surface area contributed by atoms with Gasteiger partial charge < -0.3 is 15.5 Å². The van der Waals surface area contributed by atoms with Gasteiger partial charge in [0.15, 0.2) is 0 Å². The van der Waals surface area contributed by atoms with Gasteiger partial charge in [0.1, 0.15) is 5.75 Å². The summed E-state index contributed by atoms with van der Waals surface area (Å²) in [6.07, 6.45) is 2.98. The van der Waals surface area contributed by atoms with Crippen LogP contribution in [0.4, 0.5) is 5.69 Å². The third-order valence-electron chi connectivity index (χ3n) is 3.71. The van der Waals surface area contributed by atoms with E-state index in [9.17, 15) is 14.7 Å². The number of benzene rings is 2. The van der Waals surface area contributed by atoms with Crippen molar-refractivity contribution in [2.24, 2.45) is 0 Å². The molecule has 0 spiro atoms. The monoisotopic (exact) mass is 339 g/mol. The van der Waals surface area contributed by atoms with E-state index in [4.69, 9.17) is 5.11 Å². The average Bonchev–Trinajstić information content (AvgIpc) is 2.54. The molecule has 0 radical (unpaired) electrons. The highest BCUT2D eigenvalue weighted by Crippen LogP contribution is 2.25. The van der Waals surface area contributed by atoms with Crippen LogP contribution in [0.2, 0.25) is 0 Å². The third kappa shape index (κ3) is 4.94. The number of aromatic carboxylic acids is 1. The number of carbonyl (C=O) groups excluding carboxylic acids is 1. The van der Waals surface area contributed by atoms with Crippen molar-refractivity contribution < 1.29 is 19.8 Å². The lowest BCUT2D eigenvalue weighted by Gasteiger charge is -2.18. The Labute approximate surface area is 146 Å². The zero-order valence-corrected chi connectivity index (χ0v) is 14.4. The van der Waals surface area contributed by atoms with E-state index in [1.165, 1.54) is 29.8 Å². The van der Waals surface area contributed by atoms with Crippen molar-refractivity contribution in [3.63, 3.8) is 0 Å². The van der Waals surface area contributed by atoms with E-state index < -0.39 is 11.9 Å². The highest BCUT2D eigenvalue weighted by Gasteiger charge is 2.12. The number of nitrogens with one attached hydrogen (secondary N) is 1. The summed E-state index contributed by atoms with van der Waals surface area (Å²) in [5, 5.41) is 21.2. The number of anilines is 1. The molecular weight excluding hydrogens is 318 g/mol. The lowest BCUT2D eigenvalue weighted by atomic mass is 9.87. The van der Waals surface area contributed by atoms with Crippen molar-refractivity contribution in [1.82, 2.24) is 0 Å². The van der Waals surface area contributed by atoms with E-state index in [1.54, 1.807) is 6.08 Å². The Hall–Kier alpha value is -3.08. The lowest BCUT2D eigenvalue weighted by Crippen LogP contribution is -2.10. The van der Waals surface area contributed by atoms with Gasteiger partial charge in [-0.2, -0.15) is 0 Å². The number of hydrogen-bond acceptors (Lipinski definition) is 3. The van der Waals surface area contributed by atoms with Gasteiger partial charge in [-0.15, -0.1) is 0 Å². The van der Waals surface area contributed by atoms with Crippen LogP contribution in [0.5, 0.6) is 5.75 Å². The summed E-state index contributed by atoms with van der Waals surface area (Å²) in [4.78, 5) is 22.9. The molecule has 0 fully saturated rings. The second-order valence-corrected chi connectivity index (χ2v) is 6.73. The maximum atomic E-state index is 12.0. The zero-order chi connectivity index (χ0) is 18.6. The normalized spacial score (nSPS) is 11.5. The highest BCUT2D eigenvalue weighted by atomic mass is 16.4. The minimum Gasteiger partial charge on any atom is -0.506 e. The number of carboxylic acid groups (broad SMARTS) is 1. The molecule has 1 amide bonds. The smallest absolute Gasteiger partial charge is 0.335 e. The Morgan fingerprint density at radius 3 is 2.24 bits per heavy atom.